The van der Waals surface area contributed by atoms with E-state index >= 15 is 0 Å². The largest absolute Gasteiger partial charge is 0.0934 e. The zero-order valence-corrected chi connectivity index (χ0v) is 7.30. The molecule has 0 aromatic heterocycles. The molecule has 0 aromatic rings. The zero-order chi connectivity index (χ0) is 9.45. The number of rotatable bonds is 5. The van der Waals surface area contributed by atoms with Crippen molar-refractivity contribution in [2.75, 3.05) is 13.1 Å². The Bertz CT molecular complexity index is 202. The second-order valence-corrected chi connectivity index (χ2v) is 2.94. The normalized spacial score (nSPS) is 13.8. The maximum atomic E-state index is 8.11. The fraction of sp³-hybridized carbons (Fsp3) is 1.00. The Morgan fingerprint density at radius 1 is 1.17 bits per heavy atom. The molecule has 6 heteroatoms. The highest BCUT2D eigenvalue weighted by atomic mass is 15.2. The van der Waals surface area contributed by atoms with E-state index in [1.807, 2.05) is 13.8 Å². The molecule has 0 fully saturated rings. The van der Waals surface area contributed by atoms with Gasteiger partial charge in [0, 0.05) is 22.9 Å². The summed E-state index contributed by atoms with van der Waals surface area (Å²) >= 11 is 0. The van der Waals surface area contributed by atoms with Crippen molar-refractivity contribution in [2.45, 2.75) is 20.3 Å². The van der Waals surface area contributed by atoms with Crippen LogP contribution in [0, 0.1) is 5.41 Å². The third-order valence-electron chi connectivity index (χ3n) is 1.88. The summed E-state index contributed by atoms with van der Waals surface area (Å²) in [5, 5.41) is 6.93. The summed E-state index contributed by atoms with van der Waals surface area (Å²) in [5.74, 6) is 0. The predicted octanol–water partition coefficient (Wildman–Crippen LogP) is 3.02. The van der Waals surface area contributed by atoms with Gasteiger partial charge in [-0.25, -0.2) is 0 Å². The van der Waals surface area contributed by atoms with Gasteiger partial charge in [-0.1, -0.05) is 30.5 Å². The van der Waals surface area contributed by atoms with Gasteiger partial charge >= 0.3 is 0 Å². The number of hydrogen-bond donors (Lipinski definition) is 0. The van der Waals surface area contributed by atoms with Crippen LogP contribution in [0.3, 0.4) is 0 Å². The van der Waals surface area contributed by atoms with Gasteiger partial charge < -0.3 is 0 Å². The van der Waals surface area contributed by atoms with E-state index < -0.39 is 0 Å². The molecule has 0 aliphatic carbocycles. The summed E-state index contributed by atoms with van der Waals surface area (Å²) in [5.41, 5.74) is 16.0. The smallest absolute Gasteiger partial charge is 0.0313 e. The van der Waals surface area contributed by atoms with Crippen molar-refractivity contribution in [2.24, 2.45) is 15.6 Å². The van der Waals surface area contributed by atoms with E-state index in [0.717, 1.165) is 6.42 Å². The van der Waals surface area contributed by atoms with E-state index in [1.54, 1.807) is 0 Å². The van der Waals surface area contributed by atoms with Crippen molar-refractivity contribution in [3.05, 3.63) is 20.9 Å². The Morgan fingerprint density at radius 3 is 1.83 bits per heavy atom. The van der Waals surface area contributed by atoms with Crippen LogP contribution >= 0.6 is 0 Å². The van der Waals surface area contributed by atoms with E-state index in [2.05, 4.69) is 20.1 Å². The monoisotopic (exact) mass is 168 g/mol. The molecule has 0 amide bonds. The molecule has 12 heavy (non-hydrogen) atoms. The van der Waals surface area contributed by atoms with E-state index in [4.69, 9.17) is 11.1 Å². The molecular formula is C6H12N6. The highest BCUT2D eigenvalue weighted by Gasteiger charge is 2.19. The van der Waals surface area contributed by atoms with Crippen molar-refractivity contribution in [1.82, 2.24) is 0 Å². The van der Waals surface area contributed by atoms with Crippen LogP contribution in [0.4, 0.5) is 0 Å². The maximum absolute atomic E-state index is 8.11. The Kier molecular flexibility index (Phi) is 4.69. The minimum atomic E-state index is -0.196. The molecular weight excluding hydrogens is 156 g/mol. The Hall–Kier alpha value is -1.38. The second-order valence-electron chi connectivity index (χ2n) is 2.94. The minimum Gasteiger partial charge on any atom is -0.0934 e. The van der Waals surface area contributed by atoms with Crippen LogP contribution < -0.4 is 0 Å². The summed E-state index contributed by atoms with van der Waals surface area (Å²) in [4.78, 5) is 5.33. The molecule has 0 aromatic carbocycles. The Labute approximate surface area is 70.8 Å². The van der Waals surface area contributed by atoms with Crippen molar-refractivity contribution in [3.8, 4) is 0 Å². The fourth-order valence-electron chi connectivity index (χ4n) is 0.678. The molecule has 66 valence electrons. The maximum Gasteiger partial charge on any atom is 0.0313 e. The summed E-state index contributed by atoms with van der Waals surface area (Å²) in [6.45, 7) is 4.65. The van der Waals surface area contributed by atoms with E-state index in [1.165, 1.54) is 0 Å². The number of nitrogens with zero attached hydrogens (tertiary/aromatic N) is 6. The zero-order valence-electron chi connectivity index (χ0n) is 7.30. The van der Waals surface area contributed by atoms with Crippen molar-refractivity contribution in [1.29, 1.82) is 0 Å². The summed E-state index contributed by atoms with van der Waals surface area (Å²) < 4.78 is 0. The first-order chi connectivity index (χ1) is 5.68. The van der Waals surface area contributed by atoms with Crippen molar-refractivity contribution in [3.63, 3.8) is 0 Å². The van der Waals surface area contributed by atoms with Crippen LogP contribution in [-0.4, -0.2) is 13.1 Å². The third-order valence-corrected chi connectivity index (χ3v) is 1.88. The molecule has 0 aliphatic rings. The van der Waals surface area contributed by atoms with Crippen LogP contribution in [0.2, 0.25) is 0 Å². The lowest BCUT2D eigenvalue weighted by atomic mass is 9.88. The van der Waals surface area contributed by atoms with E-state index in [-0.39, 0.29) is 5.41 Å². The van der Waals surface area contributed by atoms with Gasteiger partial charge in [0.1, 0.15) is 0 Å². The van der Waals surface area contributed by atoms with Crippen LogP contribution in [0.5, 0.6) is 0 Å². The van der Waals surface area contributed by atoms with Crippen LogP contribution in [0.25, 0.3) is 20.9 Å². The molecule has 0 spiro atoms. The molecule has 6 nitrogen and oxygen atoms in total. The van der Waals surface area contributed by atoms with Crippen molar-refractivity contribution < 1.29 is 0 Å². The standard InChI is InChI=1S/C6H12N6/c1-3-6(2,4-9-11-7)5-10-12-8/h3-5H2,1-2H3. The molecule has 0 radical (unpaired) electrons. The van der Waals surface area contributed by atoms with Crippen LogP contribution in [-0.2, 0) is 0 Å². The van der Waals surface area contributed by atoms with Crippen LogP contribution in [0.1, 0.15) is 20.3 Å². The molecule has 0 aliphatic heterocycles. The van der Waals surface area contributed by atoms with Gasteiger partial charge in [-0.2, -0.15) is 0 Å². The summed E-state index contributed by atoms with van der Waals surface area (Å²) in [6.07, 6.45) is 0.824. The molecule has 0 N–H and O–H groups in total. The van der Waals surface area contributed by atoms with Gasteiger partial charge in [-0.3, -0.25) is 0 Å². The van der Waals surface area contributed by atoms with Gasteiger partial charge in [-0.15, -0.1) is 0 Å². The molecule has 0 saturated heterocycles. The number of azide groups is 2. The van der Waals surface area contributed by atoms with Gasteiger partial charge in [0.2, 0.25) is 0 Å². The third kappa shape index (κ3) is 3.71. The fourth-order valence-corrected chi connectivity index (χ4v) is 0.678. The first-order valence-electron chi connectivity index (χ1n) is 3.70. The highest BCUT2D eigenvalue weighted by molar-refractivity contribution is 4.78. The quantitative estimate of drug-likeness (QED) is 0.342. The van der Waals surface area contributed by atoms with Gasteiger partial charge in [0.05, 0.1) is 0 Å². The first-order valence-corrected chi connectivity index (χ1v) is 3.70. The SMILES string of the molecule is CCC(C)(CN=[N+]=[N-])CN=[N+]=[N-]. The van der Waals surface area contributed by atoms with E-state index in [0.29, 0.717) is 13.1 Å². The Balaban J connectivity index is 4.21. The molecule has 0 saturated carbocycles. The molecule has 0 unspecified atom stereocenters. The van der Waals surface area contributed by atoms with Gasteiger partial charge in [-0.05, 0) is 16.5 Å². The lowest BCUT2D eigenvalue weighted by Gasteiger charge is -2.22. The topological polar surface area (TPSA) is 97.5 Å². The van der Waals surface area contributed by atoms with Gasteiger partial charge in [0.25, 0.3) is 0 Å². The summed E-state index contributed by atoms with van der Waals surface area (Å²) in [6, 6.07) is 0. The summed E-state index contributed by atoms with van der Waals surface area (Å²) in [7, 11) is 0. The highest BCUT2D eigenvalue weighted by Crippen LogP contribution is 2.21. The average molecular weight is 168 g/mol. The molecule has 0 heterocycles. The van der Waals surface area contributed by atoms with Crippen LogP contribution in [0.15, 0.2) is 10.2 Å². The average Bonchev–Trinajstić information content (AvgIpc) is 2.11. The molecule has 0 bridgehead atoms. The predicted molar refractivity (Wildman–Crippen MR) is 46.4 cm³/mol. The number of hydrogen-bond acceptors (Lipinski definition) is 2. The lowest BCUT2D eigenvalue weighted by Crippen LogP contribution is -2.22. The van der Waals surface area contributed by atoms with E-state index in [9.17, 15) is 0 Å². The first kappa shape index (κ1) is 10.6. The second kappa shape index (κ2) is 5.29. The molecule has 0 rings (SSSR count). The lowest BCUT2D eigenvalue weighted by molar-refractivity contribution is 0.335. The Morgan fingerprint density at radius 2 is 1.58 bits per heavy atom. The molecule has 0 atom stereocenters. The minimum absolute atomic E-state index is 0.196. The van der Waals surface area contributed by atoms with Crippen molar-refractivity contribution >= 4 is 0 Å². The van der Waals surface area contributed by atoms with Gasteiger partial charge in [0.15, 0.2) is 0 Å².